The summed E-state index contributed by atoms with van der Waals surface area (Å²) in [6, 6.07) is -0.258. The van der Waals surface area contributed by atoms with E-state index in [1.807, 2.05) is 20.8 Å². The highest BCUT2D eigenvalue weighted by Crippen LogP contribution is 2.33. The summed E-state index contributed by atoms with van der Waals surface area (Å²) in [4.78, 5) is 39.2. The molecule has 0 aromatic rings. The minimum Gasteiger partial charge on any atom is -0.463 e. The second-order valence-electron chi connectivity index (χ2n) is 9.86. The fourth-order valence-electron chi connectivity index (χ4n) is 3.78. The van der Waals surface area contributed by atoms with Crippen LogP contribution < -0.4 is 5.32 Å². The molecule has 0 aromatic heterocycles. The molecule has 0 heterocycles. The van der Waals surface area contributed by atoms with Crippen molar-refractivity contribution in [2.24, 2.45) is 17.3 Å². The van der Waals surface area contributed by atoms with Gasteiger partial charge in [0.2, 0.25) is 11.8 Å². The van der Waals surface area contributed by atoms with Gasteiger partial charge in [-0.05, 0) is 44.9 Å². The Hall–Kier alpha value is -1.85. The first-order valence-electron chi connectivity index (χ1n) is 12.7. The number of carbonyl (C=O) groups is 3. The minimum absolute atomic E-state index is 0.0372. The molecule has 1 N–H and O–H groups in total. The Morgan fingerprint density at radius 3 is 1.82 bits per heavy atom. The van der Waals surface area contributed by atoms with Gasteiger partial charge in [-0.25, -0.2) is 4.79 Å². The molecule has 0 saturated carbocycles. The first-order valence-corrected chi connectivity index (χ1v) is 12.7. The van der Waals surface area contributed by atoms with Gasteiger partial charge >= 0.3 is 5.97 Å². The Kier molecular flexibility index (Phi) is 17.8. The van der Waals surface area contributed by atoms with Crippen molar-refractivity contribution in [1.82, 2.24) is 10.2 Å². The fourth-order valence-corrected chi connectivity index (χ4v) is 3.78. The van der Waals surface area contributed by atoms with Crippen LogP contribution in [0.4, 0.5) is 0 Å². The Morgan fingerprint density at radius 2 is 1.45 bits per heavy atom. The van der Waals surface area contributed by atoms with E-state index >= 15 is 0 Å². The van der Waals surface area contributed by atoms with Crippen LogP contribution in [-0.4, -0.2) is 48.9 Å². The molecule has 2 amide bonds. The van der Waals surface area contributed by atoms with Crippen LogP contribution in [0.25, 0.3) is 0 Å². The number of nitrogens with zero attached hydrogens (tertiary/aromatic N) is 1. The van der Waals surface area contributed by atoms with Crippen molar-refractivity contribution >= 4 is 17.8 Å². The van der Waals surface area contributed by atoms with E-state index in [2.05, 4.69) is 39.9 Å². The number of amides is 2. The first-order chi connectivity index (χ1) is 15.3. The monoisotopic (exact) mass is 468 g/mol. The van der Waals surface area contributed by atoms with Crippen LogP contribution in [-0.2, 0) is 19.1 Å². The number of rotatable bonds is 13. The van der Waals surface area contributed by atoms with E-state index < -0.39 is 5.41 Å². The summed E-state index contributed by atoms with van der Waals surface area (Å²) in [5.41, 5.74) is 0.0744. The average Bonchev–Trinajstić information content (AvgIpc) is 2.74. The third-order valence-electron chi connectivity index (χ3n) is 5.56. The summed E-state index contributed by atoms with van der Waals surface area (Å²) in [6.45, 7) is 20.4. The summed E-state index contributed by atoms with van der Waals surface area (Å²) in [7, 11) is 1.71. The van der Waals surface area contributed by atoms with E-state index in [1.54, 1.807) is 31.9 Å². The molecule has 33 heavy (non-hydrogen) atoms. The topological polar surface area (TPSA) is 75.7 Å². The second-order valence-corrected chi connectivity index (χ2v) is 9.86. The molecular weight excluding hydrogens is 416 g/mol. The average molecular weight is 469 g/mol. The SMILES string of the molecule is CC(C)C.CCCC(CC)(CCC)C(=O)NCC(=O)N(C)[C@H](/C=C(\C)C(=O)OCC)C(C)C. The zero-order valence-electron chi connectivity index (χ0n) is 23.3. The maximum atomic E-state index is 12.9. The Bertz CT molecular complexity index is 602. The molecule has 0 rings (SSSR count). The predicted molar refractivity (Wildman–Crippen MR) is 138 cm³/mol. The van der Waals surface area contributed by atoms with Gasteiger partial charge in [0.1, 0.15) is 0 Å². The molecule has 0 fully saturated rings. The van der Waals surface area contributed by atoms with Crippen molar-refractivity contribution in [1.29, 1.82) is 0 Å². The quantitative estimate of drug-likeness (QED) is 0.276. The molecule has 0 radical (unpaired) electrons. The van der Waals surface area contributed by atoms with Crippen molar-refractivity contribution in [3.05, 3.63) is 11.6 Å². The third kappa shape index (κ3) is 12.8. The van der Waals surface area contributed by atoms with Crippen LogP contribution in [0, 0.1) is 17.3 Å². The minimum atomic E-state index is -0.403. The molecule has 1 atom stereocenters. The molecule has 0 unspecified atom stereocenters. The maximum absolute atomic E-state index is 12.9. The smallest absolute Gasteiger partial charge is 0.333 e. The molecule has 0 aliphatic carbocycles. The van der Waals surface area contributed by atoms with Crippen LogP contribution in [0.15, 0.2) is 11.6 Å². The zero-order chi connectivity index (χ0) is 26.2. The van der Waals surface area contributed by atoms with Crippen molar-refractivity contribution < 1.29 is 19.1 Å². The lowest BCUT2D eigenvalue weighted by Gasteiger charge is -2.32. The highest BCUT2D eigenvalue weighted by molar-refractivity contribution is 5.89. The van der Waals surface area contributed by atoms with Crippen molar-refractivity contribution in [3.8, 4) is 0 Å². The first kappa shape index (κ1) is 33.3. The summed E-state index contributed by atoms with van der Waals surface area (Å²) in [5, 5.41) is 2.87. The predicted octanol–water partition coefficient (Wildman–Crippen LogP) is 5.75. The van der Waals surface area contributed by atoms with Gasteiger partial charge in [0.15, 0.2) is 0 Å². The summed E-state index contributed by atoms with van der Waals surface area (Å²) >= 11 is 0. The van der Waals surface area contributed by atoms with Gasteiger partial charge in [-0.1, -0.05) is 74.3 Å². The standard InChI is InChI=1S/C23H42N2O4.C4H10/c1-9-13-23(11-3,14-10-2)22(28)24-16-20(26)25(8)19(17(5)6)15-18(7)21(27)29-12-4;1-4(2)3/h15,17,19H,9-14,16H2,1-8H3,(H,24,28);4H,1-3H3/b18-15+;/t19-;/m1./s1. The normalized spacial score (nSPS) is 12.7. The van der Waals surface area contributed by atoms with Gasteiger partial charge in [0, 0.05) is 18.0 Å². The second kappa shape index (κ2) is 17.6. The van der Waals surface area contributed by atoms with E-state index in [-0.39, 0.29) is 36.3 Å². The van der Waals surface area contributed by atoms with Gasteiger partial charge in [-0.2, -0.15) is 0 Å². The largest absolute Gasteiger partial charge is 0.463 e. The molecule has 0 spiro atoms. The number of hydrogen-bond acceptors (Lipinski definition) is 4. The Balaban J connectivity index is 0. The molecule has 0 saturated heterocycles. The molecule has 0 aliphatic heterocycles. The summed E-state index contributed by atoms with van der Waals surface area (Å²) in [5.74, 6) is 0.353. The van der Waals surface area contributed by atoms with Gasteiger partial charge in [0.25, 0.3) is 0 Å². The van der Waals surface area contributed by atoms with Crippen molar-refractivity contribution in [2.45, 2.75) is 107 Å². The van der Waals surface area contributed by atoms with E-state index in [1.165, 1.54) is 0 Å². The van der Waals surface area contributed by atoms with Crippen LogP contribution in [0.2, 0.25) is 0 Å². The van der Waals surface area contributed by atoms with E-state index in [9.17, 15) is 14.4 Å². The number of carbonyl (C=O) groups excluding carboxylic acids is 3. The summed E-state index contributed by atoms with van der Waals surface area (Å²) < 4.78 is 5.03. The molecule has 194 valence electrons. The zero-order valence-corrected chi connectivity index (χ0v) is 23.3. The number of hydrogen-bond donors (Lipinski definition) is 1. The number of esters is 1. The molecule has 6 heteroatoms. The highest BCUT2D eigenvalue weighted by atomic mass is 16.5. The Morgan fingerprint density at radius 1 is 0.970 bits per heavy atom. The van der Waals surface area contributed by atoms with Crippen LogP contribution in [0.5, 0.6) is 0 Å². The fraction of sp³-hybridized carbons (Fsp3) is 0.815. The van der Waals surface area contributed by atoms with Crippen LogP contribution in [0.3, 0.4) is 0 Å². The number of ether oxygens (including phenoxy) is 1. The number of likely N-dealkylation sites (N-methyl/N-ethyl adjacent to an activating group) is 1. The summed E-state index contributed by atoms with van der Waals surface area (Å²) in [6.07, 6.45) is 6.05. The molecule has 0 aromatic carbocycles. The number of nitrogens with one attached hydrogen (secondary N) is 1. The van der Waals surface area contributed by atoms with E-state index in [0.717, 1.165) is 38.0 Å². The molecule has 0 aliphatic rings. The van der Waals surface area contributed by atoms with Gasteiger partial charge in [-0.3, -0.25) is 9.59 Å². The maximum Gasteiger partial charge on any atom is 0.333 e. The highest BCUT2D eigenvalue weighted by Gasteiger charge is 2.35. The van der Waals surface area contributed by atoms with Gasteiger partial charge in [0.05, 0.1) is 19.2 Å². The Labute approximate surface area is 203 Å². The van der Waals surface area contributed by atoms with Gasteiger partial charge < -0.3 is 15.0 Å². The lowest BCUT2D eigenvalue weighted by atomic mass is 9.76. The van der Waals surface area contributed by atoms with Crippen LogP contribution >= 0.6 is 0 Å². The lowest BCUT2D eigenvalue weighted by molar-refractivity contribution is -0.138. The van der Waals surface area contributed by atoms with E-state index in [4.69, 9.17) is 4.74 Å². The van der Waals surface area contributed by atoms with Crippen molar-refractivity contribution in [3.63, 3.8) is 0 Å². The molecular formula is C27H52N2O4. The van der Waals surface area contributed by atoms with Gasteiger partial charge in [-0.15, -0.1) is 0 Å². The van der Waals surface area contributed by atoms with Crippen molar-refractivity contribution in [2.75, 3.05) is 20.2 Å². The van der Waals surface area contributed by atoms with E-state index in [0.29, 0.717) is 12.2 Å². The lowest BCUT2D eigenvalue weighted by Crippen LogP contribution is -2.48. The third-order valence-corrected chi connectivity index (χ3v) is 5.56. The molecule has 6 nitrogen and oxygen atoms in total. The molecule has 0 bridgehead atoms. The van der Waals surface area contributed by atoms with Crippen LogP contribution in [0.1, 0.15) is 101 Å².